The van der Waals surface area contributed by atoms with E-state index in [1.165, 1.54) is 12.4 Å². The summed E-state index contributed by atoms with van der Waals surface area (Å²) in [6.45, 7) is 0. The van der Waals surface area contributed by atoms with Crippen LogP contribution in [0, 0.1) is 0 Å². The second kappa shape index (κ2) is 5.20. The van der Waals surface area contributed by atoms with Crippen LogP contribution in [0.3, 0.4) is 0 Å². The molecule has 3 heterocycles. The summed E-state index contributed by atoms with van der Waals surface area (Å²) >= 11 is 0.615. The Kier molecular flexibility index (Phi) is 3.44. The third-order valence-electron chi connectivity index (χ3n) is 3.16. The van der Waals surface area contributed by atoms with Crippen molar-refractivity contribution in [1.82, 2.24) is 9.97 Å². The Bertz CT molecular complexity index is 907. The summed E-state index contributed by atoms with van der Waals surface area (Å²) in [5.74, 6) is -1.39. The van der Waals surface area contributed by atoms with Crippen molar-refractivity contribution >= 4 is 33.2 Å². The molecule has 0 spiro atoms. The molecular weight excluding hydrogens is 331 g/mol. The fourth-order valence-corrected chi connectivity index (χ4v) is 3.12. The number of hydrogen-bond donors (Lipinski definition) is 2. The van der Waals surface area contributed by atoms with E-state index in [1.54, 1.807) is 12.1 Å². The maximum Gasteiger partial charge on any atom is 0.417 e. The van der Waals surface area contributed by atoms with E-state index in [0.717, 1.165) is 6.07 Å². The molecule has 3 N–H and O–H groups in total. The average molecular weight is 339 g/mol. The number of anilines is 1. The molecule has 5 nitrogen and oxygen atoms in total. The predicted molar refractivity (Wildman–Crippen MR) is 79.2 cm³/mol. The standard InChI is InChI=1S/C14H8F3N3O2S/c15-14(16,17)7-4-8(6-2-1-3-19-5-6)20-12-9(7)10(18)11(23-12)13(21)22/h1-5H,18H2,(H,21,22). The van der Waals surface area contributed by atoms with Crippen molar-refractivity contribution in [2.75, 3.05) is 5.73 Å². The molecule has 0 amide bonds. The van der Waals surface area contributed by atoms with Gasteiger partial charge in [-0.15, -0.1) is 11.3 Å². The lowest BCUT2D eigenvalue weighted by Gasteiger charge is -2.11. The molecule has 0 atom stereocenters. The van der Waals surface area contributed by atoms with E-state index in [2.05, 4.69) is 9.97 Å². The van der Waals surface area contributed by atoms with Crippen LogP contribution in [0.25, 0.3) is 21.5 Å². The topological polar surface area (TPSA) is 89.1 Å². The molecular formula is C14H8F3N3O2S. The highest BCUT2D eigenvalue weighted by molar-refractivity contribution is 7.21. The Balaban J connectivity index is 2.38. The van der Waals surface area contributed by atoms with Crippen LogP contribution < -0.4 is 5.73 Å². The third kappa shape index (κ3) is 2.59. The molecule has 0 unspecified atom stereocenters. The molecule has 0 bridgehead atoms. The van der Waals surface area contributed by atoms with Gasteiger partial charge in [-0.1, -0.05) is 0 Å². The van der Waals surface area contributed by atoms with E-state index in [9.17, 15) is 18.0 Å². The molecule has 3 aromatic rings. The number of rotatable bonds is 2. The molecule has 0 saturated carbocycles. The number of fused-ring (bicyclic) bond motifs is 1. The summed E-state index contributed by atoms with van der Waals surface area (Å²) < 4.78 is 40.1. The number of nitrogens with two attached hydrogens (primary N) is 1. The lowest BCUT2D eigenvalue weighted by molar-refractivity contribution is -0.136. The highest BCUT2D eigenvalue weighted by atomic mass is 32.1. The van der Waals surface area contributed by atoms with Gasteiger partial charge in [0.25, 0.3) is 0 Å². The lowest BCUT2D eigenvalue weighted by Crippen LogP contribution is -2.08. The van der Waals surface area contributed by atoms with Crippen LogP contribution in [0.5, 0.6) is 0 Å². The van der Waals surface area contributed by atoms with Crippen molar-refractivity contribution in [2.45, 2.75) is 6.18 Å². The molecule has 9 heteroatoms. The third-order valence-corrected chi connectivity index (χ3v) is 4.24. The van der Waals surface area contributed by atoms with Crippen LogP contribution >= 0.6 is 11.3 Å². The van der Waals surface area contributed by atoms with E-state index in [-0.39, 0.29) is 20.8 Å². The largest absolute Gasteiger partial charge is 0.477 e. The fourth-order valence-electron chi connectivity index (χ4n) is 2.17. The summed E-state index contributed by atoms with van der Waals surface area (Å²) in [4.78, 5) is 18.6. The minimum absolute atomic E-state index is 0.0520. The van der Waals surface area contributed by atoms with Gasteiger partial charge in [0.2, 0.25) is 0 Å². The highest BCUT2D eigenvalue weighted by Gasteiger charge is 2.36. The number of hydrogen-bond acceptors (Lipinski definition) is 5. The molecule has 0 radical (unpaired) electrons. The van der Waals surface area contributed by atoms with Gasteiger partial charge in [0.05, 0.1) is 16.9 Å². The second-order valence-electron chi connectivity index (χ2n) is 4.62. The van der Waals surface area contributed by atoms with E-state index >= 15 is 0 Å². The van der Waals surface area contributed by atoms with E-state index in [4.69, 9.17) is 10.8 Å². The van der Waals surface area contributed by atoms with Crippen LogP contribution in [-0.2, 0) is 6.18 Å². The molecule has 0 saturated heterocycles. The maximum atomic E-state index is 13.4. The smallest absolute Gasteiger partial charge is 0.417 e. The quantitative estimate of drug-likeness (QED) is 0.744. The van der Waals surface area contributed by atoms with Gasteiger partial charge in [0, 0.05) is 23.3 Å². The van der Waals surface area contributed by atoms with Crippen molar-refractivity contribution in [1.29, 1.82) is 0 Å². The Morgan fingerprint density at radius 3 is 2.65 bits per heavy atom. The normalized spacial score (nSPS) is 11.8. The summed E-state index contributed by atoms with van der Waals surface area (Å²) in [5.41, 5.74) is 4.62. The van der Waals surface area contributed by atoms with Crippen LogP contribution in [-0.4, -0.2) is 21.0 Å². The number of carbonyl (C=O) groups is 1. The SMILES string of the molecule is Nc1c(C(=O)O)sc2nc(-c3cccnc3)cc(C(F)(F)F)c12. The number of nitrogen functional groups attached to an aromatic ring is 1. The number of carboxylic acids is 1. The zero-order valence-electron chi connectivity index (χ0n) is 11.3. The number of alkyl halides is 3. The van der Waals surface area contributed by atoms with Gasteiger partial charge in [-0.05, 0) is 18.2 Å². The van der Waals surface area contributed by atoms with E-state index in [1.807, 2.05) is 0 Å². The van der Waals surface area contributed by atoms with Crippen molar-refractivity contribution in [3.63, 3.8) is 0 Å². The number of pyridine rings is 2. The number of nitrogens with zero attached hydrogens (tertiary/aromatic N) is 2. The first-order valence-corrected chi connectivity index (χ1v) is 7.04. The predicted octanol–water partition coefficient (Wildman–Crippen LogP) is 3.66. The first-order chi connectivity index (χ1) is 10.8. The van der Waals surface area contributed by atoms with Crippen molar-refractivity contribution in [3.05, 3.63) is 41.0 Å². The summed E-state index contributed by atoms with van der Waals surface area (Å²) in [7, 11) is 0. The molecule has 3 aromatic heterocycles. The lowest BCUT2D eigenvalue weighted by atomic mass is 10.1. The fraction of sp³-hybridized carbons (Fsp3) is 0.0714. The molecule has 0 aliphatic heterocycles. The summed E-state index contributed by atoms with van der Waals surface area (Å²) in [5, 5.41) is 8.68. The van der Waals surface area contributed by atoms with Gasteiger partial charge in [0.1, 0.15) is 9.71 Å². The Morgan fingerprint density at radius 1 is 1.35 bits per heavy atom. The van der Waals surface area contributed by atoms with Gasteiger partial charge in [0.15, 0.2) is 0 Å². The minimum Gasteiger partial charge on any atom is -0.477 e. The van der Waals surface area contributed by atoms with Gasteiger partial charge in [-0.3, -0.25) is 4.98 Å². The van der Waals surface area contributed by atoms with Crippen LogP contribution in [0.1, 0.15) is 15.2 Å². The zero-order chi connectivity index (χ0) is 16.8. The van der Waals surface area contributed by atoms with Crippen LogP contribution in [0.4, 0.5) is 18.9 Å². The van der Waals surface area contributed by atoms with Crippen molar-refractivity contribution < 1.29 is 23.1 Å². The second-order valence-corrected chi connectivity index (χ2v) is 5.62. The minimum atomic E-state index is -4.69. The Morgan fingerprint density at radius 2 is 2.09 bits per heavy atom. The summed E-state index contributed by atoms with van der Waals surface area (Å²) in [6.07, 6.45) is -1.83. The Hall–Kier alpha value is -2.68. The van der Waals surface area contributed by atoms with Crippen molar-refractivity contribution in [2.24, 2.45) is 0 Å². The van der Waals surface area contributed by atoms with Crippen LogP contribution in [0.15, 0.2) is 30.6 Å². The molecule has 0 aromatic carbocycles. The molecule has 0 aliphatic rings. The van der Waals surface area contributed by atoms with Gasteiger partial charge < -0.3 is 10.8 Å². The number of aromatic carboxylic acids is 1. The average Bonchev–Trinajstić information content (AvgIpc) is 2.84. The van der Waals surface area contributed by atoms with Crippen LogP contribution in [0.2, 0.25) is 0 Å². The molecule has 23 heavy (non-hydrogen) atoms. The first kappa shape index (κ1) is 15.2. The zero-order valence-corrected chi connectivity index (χ0v) is 12.1. The number of thiophene rings is 1. The number of aromatic nitrogens is 2. The van der Waals surface area contributed by atoms with Crippen molar-refractivity contribution in [3.8, 4) is 11.3 Å². The van der Waals surface area contributed by atoms with Gasteiger partial charge in [-0.2, -0.15) is 13.2 Å². The molecule has 118 valence electrons. The maximum absolute atomic E-state index is 13.4. The monoisotopic (exact) mass is 339 g/mol. The summed E-state index contributed by atoms with van der Waals surface area (Å²) in [6, 6.07) is 3.99. The van der Waals surface area contributed by atoms with Gasteiger partial charge in [-0.25, -0.2) is 9.78 Å². The highest BCUT2D eigenvalue weighted by Crippen LogP contribution is 2.43. The number of carboxylic acid groups (broad SMARTS) is 1. The van der Waals surface area contributed by atoms with Gasteiger partial charge >= 0.3 is 12.1 Å². The number of halogens is 3. The molecule has 0 aliphatic carbocycles. The first-order valence-electron chi connectivity index (χ1n) is 6.23. The molecule has 0 fully saturated rings. The Labute approximate surface area is 131 Å². The van der Waals surface area contributed by atoms with E-state index in [0.29, 0.717) is 16.9 Å². The molecule has 3 rings (SSSR count). The van der Waals surface area contributed by atoms with E-state index < -0.39 is 23.4 Å².